The minimum atomic E-state index is -1.30. The highest BCUT2D eigenvalue weighted by molar-refractivity contribution is 5.93. The maximum absolute atomic E-state index is 12.0. The lowest BCUT2D eigenvalue weighted by atomic mass is 10.1. The van der Waals surface area contributed by atoms with E-state index in [2.05, 4.69) is 9.68 Å². The van der Waals surface area contributed by atoms with E-state index in [1.54, 1.807) is 19.9 Å². The maximum atomic E-state index is 12.0. The third-order valence-corrected chi connectivity index (χ3v) is 3.32. The van der Waals surface area contributed by atoms with Gasteiger partial charge in [-0.05, 0) is 24.3 Å². The molecular formula is C14H8N6O10. The Bertz CT molecular complexity index is 1310. The Morgan fingerprint density at radius 3 is 1.10 bits per heavy atom. The predicted octanol–water partition coefficient (Wildman–Crippen LogP) is -4.70. The van der Waals surface area contributed by atoms with Crippen molar-refractivity contribution in [1.82, 2.24) is 29.4 Å². The van der Waals surface area contributed by atoms with Crippen LogP contribution >= 0.6 is 0 Å². The quantitative estimate of drug-likeness (QED) is 0.315. The van der Waals surface area contributed by atoms with Gasteiger partial charge in [0.05, 0.1) is 11.1 Å². The second kappa shape index (κ2) is 7.54. The Morgan fingerprint density at radius 1 is 0.567 bits per heavy atom. The minimum absolute atomic E-state index is 0.0270. The van der Waals surface area contributed by atoms with Crippen LogP contribution in [0.2, 0.25) is 0 Å². The van der Waals surface area contributed by atoms with E-state index in [1.165, 1.54) is 0 Å². The second-order valence-electron chi connectivity index (χ2n) is 5.30. The van der Waals surface area contributed by atoms with Crippen molar-refractivity contribution in [1.29, 1.82) is 0 Å². The SMILES string of the molecule is O=C(On1c(=O)[nH]c(=O)[nH]c1=O)c1ccc(C(=O)On2c(=O)[nH]c(=O)[nH]c2=O)cc1. The molecule has 30 heavy (non-hydrogen) atoms. The van der Waals surface area contributed by atoms with Crippen LogP contribution in [0.25, 0.3) is 0 Å². The van der Waals surface area contributed by atoms with E-state index in [4.69, 9.17) is 0 Å². The number of carbonyl (C=O) groups excluding carboxylic acids is 2. The molecule has 16 nitrogen and oxygen atoms in total. The topological polar surface area (TPSA) is 228 Å². The summed E-state index contributed by atoms with van der Waals surface area (Å²) >= 11 is 0. The molecule has 0 radical (unpaired) electrons. The maximum Gasteiger partial charge on any atom is 0.367 e. The summed E-state index contributed by atoms with van der Waals surface area (Å²) in [5.41, 5.74) is -7.82. The summed E-state index contributed by atoms with van der Waals surface area (Å²) in [5, 5.41) is 0. The van der Waals surface area contributed by atoms with Crippen molar-refractivity contribution < 1.29 is 19.3 Å². The number of H-pyrrole nitrogens is 4. The van der Waals surface area contributed by atoms with Crippen molar-refractivity contribution in [3.8, 4) is 0 Å². The van der Waals surface area contributed by atoms with E-state index in [1.807, 2.05) is 0 Å². The van der Waals surface area contributed by atoms with E-state index in [0.29, 0.717) is 0 Å². The van der Waals surface area contributed by atoms with Gasteiger partial charge in [-0.1, -0.05) is 9.46 Å². The molecule has 0 atom stereocenters. The molecule has 0 spiro atoms. The molecule has 0 amide bonds. The van der Waals surface area contributed by atoms with E-state index < -0.39 is 46.1 Å². The molecule has 16 heteroatoms. The first-order valence-corrected chi connectivity index (χ1v) is 7.62. The number of hydrogen-bond donors (Lipinski definition) is 4. The monoisotopic (exact) mass is 420 g/mol. The molecule has 4 N–H and O–H groups in total. The fourth-order valence-corrected chi connectivity index (χ4v) is 2.02. The van der Waals surface area contributed by atoms with Gasteiger partial charge in [0.1, 0.15) is 0 Å². The number of nitrogens with zero attached hydrogens (tertiary/aromatic N) is 2. The van der Waals surface area contributed by atoms with Gasteiger partial charge < -0.3 is 9.68 Å². The van der Waals surface area contributed by atoms with Crippen molar-refractivity contribution in [3.63, 3.8) is 0 Å². The number of hydrogen-bond acceptors (Lipinski definition) is 10. The normalized spacial score (nSPS) is 10.4. The molecule has 0 aliphatic heterocycles. The summed E-state index contributed by atoms with van der Waals surface area (Å²) < 4.78 is -0.0540. The lowest BCUT2D eigenvalue weighted by Gasteiger charge is -2.06. The number of nitrogens with one attached hydrogen (secondary N) is 4. The number of aromatic amines is 4. The second-order valence-corrected chi connectivity index (χ2v) is 5.30. The summed E-state index contributed by atoms with van der Waals surface area (Å²) in [6.45, 7) is 0. The van der Waals surface area contributed by atoms with Gasteiger partial charge in [-0.15, -0.1) is 0 Å². The first-order valence-electron chi connectivity index (χ1n) is 7.62. The molecule has 0 unspecified atom stereocenters. The molecule has 0 fully saturated rings. The van der Waals surface area contributed by atoms with Gasteiger partial charge in [-0.25, -0.2) is 38.4 Å². The average molecular weight is 420 g/mol. The molecule has 154 valence electrons. The van der Waals surface area contributed by atoms with Crippen LogP contribution in [0.5, 0.6) is 0 Å². The lowest BCUT2D eigenvalue weighted by molar-refractivity contribution is 0.0394. The summed E-state index contributed by atoms with van der Waals surface area (Å²) in [7, 11) is 0. The molecule has 0 saturated carbocycles. The third kappa shape index (κ3) is 3.96. The van der Waals surface area contributed by atoms with Crippen LogP contribution in [0, 0.1) is 0 Å². The highest BCUT2D eigenvalue weighted by Crippen LogP contribution is 2.05. The molecular weight excluding hydrogens is 412 g/mol. The molecule has 1 aromatic carbocycles. The van der Waals surface area contributed by atoms with Crippen molar-refractivity contribution in [2.75, 3.05) is 0 Å². The van der Waals surface area contributed by atoms with Crippen LogP contribution < -0.4 is 43.8 Å². The van der Waals surface area contributed by atoms with Crippen molar-refractivity contribution in [2.24, 2.45) is 0 Å². The zero-order valence-electron chi connectivity index (χ0n) is 14.3. The Morgan fingerprint density at radius 2 is 0.833 bits per heavy atom. The van der Waals surface area contributed by atoms with Gasteiger partial charge >= 0.3 is 46.1 Å². The molecule has 0 aliphatic rings. The zero-order chi connectivity index (χ0) is 22.0. The Kier molecular flexibility index (Phi) is 4.96. The Hall–Kier alpha value is -5.02. The van der Waals surface area contributed by atoms with E-state index in [9.17, 15) is 38.4 Å². The first kappa shape index (κ1) is 19.7. The standard InChI is InChI=1S/C14H8N6O10/c21-7(29-19-11(25)15-9(23)16-12(19)26)5-1-2-6(4-3-5)8(22)30-20-13(27)17-10(24)18-14(20)28/h1-4H,(H2,15,16,23,25,26)(H2,17,18,24,27,28). The summed E-state index contributed by atoms with van der Waals surface area (Å²) in [5.74, 6) is -2.38. The van der Waals surface area contributed by atoms with E-state index in [-0.39, 0.29) is 20.6 Å². The molecule has 3 rings (SSSR count). The number of rotatable bonds is 4. The smallest absolute Gasteiger partial charge is 0.322 e. The van der Waals surface area contributed by atoms with Gasteiger partial charge in [-0.2, -0.15) is 0 Å². The number of aromatic nitrogens is 6. The number of carbonyl (C=O) groups is 2. The average Bonchev–Trinajstić information content (AvgIpc) is 2.67. The minimum Gasteiger partial charge on any atom is -0.322 e. The molecule has 3 aromatic rings. The molecule has 2 heterocycles. The first-order chi connectivity index (χ1) is 14.2. The highest BCUT2D eigenvalue weighted by Gasteiger charge is 2.16. The number of benzene rings is 1. The van der Waals surface area contributed by atoms with Crippen LogP contribution in [0.15, 0.2) is 53.0 Å². The lowest BCUT2D eigenvalue weighted by Crippen LogP contribution is -2.48. The van der Waals surface area contributed by atoms with Crippen LogP contribution in [0.4, 0.5) is 0 Å². The predicted molar refractivity (Wildman–Crippen MR) is 92.1 cm³/mol. The largest absolute Gasteiger partial charge is 0.367 e. The van der Waals surface area contributed by atoms with Crippen molar-refractivity contribution >= 4 is 11.9 Å². The van der Waals surface area contributed by atoms with Gasteiger partial charge in [-0.3, -0.25) is 19.9 Å². The van der Waals surface area contributed by atoms with Gasteiger partial charge in [0, 0.05) is 0 Å². The van der Waals surface area contributed by atoms with Crippen molar-refractivity contribution in [2.45, 2.75) is 0 Å². The summed E-state index contributed by atoms with van der Waals surface area (Å²) in [6.07, 6.45) is 0. The van der Waals surface area contributed by atoms with Crippen LogP contribution in [-0.4, -0.2) is 41.3 Å². The van der Waals surface area contributed by atoms with Gasteiger partial charge in [0.2, 0.25) is 0 Å². The van der Waals surface area contributed by atoms with E-state index in [0.717, 1.165) is 24.3 Å². The van der Waals surface area contributed by atoms with E-state index >= 15 is 0 Å². The fraction of sp³-hybridized carbons (Fsp3) is 0. The van der Waals surface area contributed by atoms with Crippen LogP contribution in [0.3, 0.4) is 0 Å². The third-order valence-electron chi connectivity index (χ3n) is 3.32. The summed E-state index contributed by atoms with van der Waals surface area (Å²) in [6, 6.07) is 4.18. The van der Waals surface area contributed by atoms with Crippen LogP contribution in [-0.2, 0) is 0 Å². The Balaban J connectivity index is 1.80. The van der Waals surface area contributed by atoms with Gasteiger partial charge in [0.25, 0.3) is 0 Å². The van der Waals surface area contributed by atoms with Gasteiger partial charge in [0.15, 0.2) is 0 Å². The fourth-order valence-electron chi connectivity index (χ4n) is 2.02. The zero-order valence-corrected chi connectivity index (χ0v) is 14.3. The summed E-state index contributed by atoms with van der Waals surface area (Å²) in [4.78, 5) is 108. The molecule has 0 saturated heterocycles. The molecule has 2 aromatic heterocycles. The molecule has 0 aliphatic carbocycles. The molecule has 0 bridgehead atoms. The van der Waals surface area contributed by atoms with Crippen molar-refractivity contribution in [3.05, 3.63) is 98.3 Å². The highest BCUT2D eigenvalue weighted by atomic mass is 16.7. The Labute approximate surface area is 159 Å². The van der Waals surface area contributed by atoms with Crippen LogP contribution in [0.1, 0.15) is 20.7 Å².